The molecule has 24 nitrogen and oxygen atoms in total. The number of phosphoric acid groups is 1. The first kappa shape index (κ1) is 88.7. The van der Waals surface area contributed by atoms with Crippen LogP contribution in [0.3, 0.4) is 0 Å². The zero-order valence-electron chi connectivity index (χ0n) is 59.1. The number of carbonyl (C=O) groups excluding carboxylic acids is 3. The van der Waals surface area contributed by atoms with Crippen LogP contribution in [0.5, 0.6) is 0 Å². The molecule has 0 spiro atoms. The zero-order valence-corrected chi connectivity index (χ0v) is 60.0. The summed E-state index contributed by atoms with van der Waals surface area (Å²) in [5.41, 5.74) is 0. The van der Waals surface area contributed by atoms with E-state index in [4.69, 9.17) is 42.2 Å². The van der Waals surface area contributed by atoms with Crippen LogP contribution in [0.25, 0.3) is 0 Å². The van der Waals surface area contributed by atoms with Crippen LogP contribution in [0.4, 0.5) is 0 Å². The van der Waals surface area contributed by atoms with Gasteiger partial charge in [-0.3, -0.25) is 18.6 Å². The van der Waals surface area contributed by atoms with Gasteiger partial charge in [0.15, 0.2) is 18.7 Å². The minimum atomic E-state index is -5.70. The fraction of sp³-hybridized carbons (Fsp3) is 0.903. The first-order chi connectivity index (χ1) is 46.8. The van der Waals surface area contributed by atoms with Gasteiger partial charge in [-0.05, 0) is 25.7 Å². The van der Waals surface area contributed by atoms with Crippen LogP contribution in [0.2, 0.25) is 0 Å². The Hall–Kier alpha value is -2.56. The molecule has 0 radical (unpaired) electrons. The summed E-state index contributed by atoms with van der Waals surface area (Å²) in [6.07, 6.45) is 14.5. The highest BCUT2D eigenvalue weighted by molar-refractivity contribution is 7.47. The fourth-order valence-corrected chi connectivity index (χ4v) is 13.4. The van der Waals surface area contributed by atoms with Gasteiger partial charge in [0, 0.05) is 18.9 Å². The van der Waals surface area contributed by atoms with E-state index in [2.05, 4.69) is 20.8 Å². The summed E-state index contributed by atoms with van der Waals surface area (Å²) in [6.45, 7) is 3.36. The lowest BCUT2D eigenvalue weighted by atomic mass is 9.84. The van der Waals surface area contributed by atoms with Gasteiger partial charge in [-0.2, -0.15) is 0 Å². The van der Waals surface area contributed by atoms with E-state index in [-0.39, 0.29) is 12.8 Å². The molecule has 97 heavy (non-hydrogen) atoms. The normalized spacial score (nSPS) is 27.9. The number of ether oxygens (including phenoxy) is 7. The summed E-state index contributed by atoms with van der Waals surface area (Å²) in [4.78, 5) is 50.8. The maximum Gasteiger partial charge on any atom is 0.472 e. The molecule has 3 aliphatic rings. The average Bonchev–Trinajstić information content (AvgIpc) is 0.764. The van der Waals surface area contributed by atoms with E-state index in [0.717, 1.165) is 96.0 Å². The monoisotopic (exact) mass is 1410 g/mol. The second kappa shape index (κ2) is 54.1. The van der Waals surface area contributed by atoms with Crippen molar-refractivity contribution < 1.29 is 117 Å². The molecule has 0 aromatic heterocycles. The Morgan fingerprint density at radius 3 is 1.22 bits per heavy atom. The first-order valence-corrected chi connectivity index (χ1v) is 39.2. The van der Waals surface area contributed by atoms with Crippen LogP contribution in [-0.4, -0.2) is 204 Å². The van der Waals surface area contributed by atoms with E-state index >= 15 is 0 Å². The van der Waals surface area contributed by atoms with Gasteiger partial charge >= 0.3 is 25.7 Å². The van der Waals surface area contributed by atoms with E-state index in [1.54, 1.807) is 6.08 Å². The topological polar surface area (TPSA) is 374 Å². The standard InChI is InChI=1S/C72H131O24P/c1-4-7-10-13-16-19-22-25-27-30-32-35-38-41-44-47-57(75)89-52-55-60(78)62(80)67(85)72(93-55)95-69-65(83)63(81)64(82)68(94-71-66(84)61(79)59(77)54(49-73)92-71)70(69)96-97(86,87)90-51-53(91-58(76)48-45-42-39-36-33-28-24-21-18-15-12-9-6-3)50-88-56(74)46-43-40-37-34-31-29-26-23-20-17-14-11-8-5-2/h38,41,44,47,53-55,59-73,77-85H,4-37,39-40,42-43,45-46,48-52H2,1-3H3,(H,86,87)/b41-38+,47-44+. The Balaban J connectivity index is 1.75. The van der Waals surface area contributed by atoms with Crippen LogP contribution in [0, 0.1) is 0 Å². The molecule has 2 heterocycles. The number of aliphatic hydroxyl groups excluding tert-OH is 10. The van der Waals surface area contributed by atoms with Gasteiger partial charge in [-0.1, -0.05) is 264 Å². The molecule has 0 amide bonds. The summed E-state index contributed by atoms with van der Waals surface area (Å²) < 4.78 is 64.8. The molecule has 3 rings (SSSR count). The van der Waals surface area contributed by atoms with Crippen molar-refractivity contribution in [1.82, 2.24) is 0 Å². The smallest absolute Gasteiger partial charge is 0.462 e. The van der Waals surface area contributed by atoms with Crippen molar-refractivity contribution in [2.45, 2.75) is 388 Å². The molecule has 568 valence electrons. The third-order valence-corrected chi connectivity index (χ3v) is 19.6. The lowest BCUT2D eigenvalue weighted by molar-refractivity contribution is -0.360. The number of aliphatic hydroxyl groups is 10. The van der Waals surface area contributed by atoms with Gasteiger partial charge in [0.1, 0.15) is 98.7 Å². The van der Waals surface area contributed by atoms with Gasteiger partial charge in [-0.15, -0.1) is 0 Å². The van der Waals surface area contributed by atoms with Crippen molar-refractivity contribution >= 4 is 25.7 Å². The molecule has 18 atom stereocenters. The molecule has 1 saturated carbocycles. The predicted molar refractivity (Wildman–Crippen MR) is 365 cm³/mol. The van der Waals surface area contributed by atoms with Crippen LogP contribution >= 0.6 is 7.82 Å². The molecule has 0 aromatic carbocycles. The van der Waals surface area contributed by atoms with Gasteiger partial charge in [-0.25, -0.2) is 9.36 Å². The van der Waals surface area contributed by atoms with Gasteiger partial charge < -0.3 is 89.1 Å². The number of esters is 3. The summed E-state index contributed by atoms with van der Waals surface area (Å²) in [5, 5.41) is 110. The van der Waals surface area contributed by atoms with Gasteiger partial charge in [0.2, 0.25) is 0 Å². The molecule has 2 aliphatic heterocycles. The highest BCUT2D eigenvalue weighted by Gasteiger charge is 2.58. The van der Waals surface area contributed by atoms with E-state index < -0.39 is 156 Å². The Morgan fingerprint density at radius 1 is 0.423 bits per heavy atom. The first-order valence-electron chi connectivity index (χ1n) is 37.7. The van der Waals surface area contributed by atoms with Crippen molar-refractivity contribution in [2.75, 3.05) is 26.4 Å². The van der Waals surface area contributed by atoms with E-state index in [1.807, 2.05) is 6.08 Å². The van der Waals surface area contributed by atoms with Gasteiger partial charge in [0.25, 0.3) is 0 Å². The Bertz CT molecular complexity index is 2110. The Morgan fingerprint density at radius 2 is 0.794 bits per heavy atom. The largest absolute Gasteiger partial charge is 0.472 e. The maximum absolute atomic E-state index is 14.3. The predicted octanol–water partition coefficient (Wildman–Crippen LogP) is 10.1. The molecular formula is C72H131O24P. The van der Waals surface area contributed by atoms with Crippen LogP contribution in [0.15, 0.2) is 24.3 Å². The fourth-order valence-electron chi connectivity index (χ4n) is 12.4. The van der Waals surface area contributed by atoms with Crippen molar-refractivity contribution in [3.63, 3.8) is 0 Å². The Kier molecular flexibility index (Phi) is 49.5. The molecule has 0 aromatic rings. The third-order valence-electron chi connectivity index (χ3n) is 18.6. The van der Waals surface area contributed by atoms with Gasteiger partial charge in [0.05, 0.1) is 13.2 Å². The van der Waals surface area contributed by atoms with E-state index in [1.165, 1.54) is 154 Å². The number of hydrogen-bond acceptors (Lipinski definition) is 23. The highest BCUT2D eigenvalue weighted by atomic mass is 31.2. The number of allylic oxidation sites excluding steroid dienone is 3. The second-order valence-corrected chi connectivity index (χ2v) is 28.5. The number of rotatable bonds is 58. The SMILES string of the molecule is CCCCCCCCCCCCC/C=C/C=C/C(=O)OCC1OC(OC2C(O)C(O)C(O)C(OC3OC(CO)C(O)C(O)C3O)C2OP(=O)(O)OCC(COC(=O)CCCCCCCCCCCCCCCC)OC(=O)CCCCCCCCCCCCCCC)C(O)C(O)C1O. The molecule has 1 aliphatic carbocycles. The summed E-state index contributed by atoms with van der Waals surface area (Å²) in [5.74, 6) is -2.21. The third kappa shape index (κ3) is 37.4. The van der Waals surface area contributed by atoms with Crippen LogP contribution < -0.4 is 0 Å². The minimum absolute atomic E-state index is 0.0387. The molecule has 3 fully saturated rings. The number of phosphoric ester groups is 1. The number of carbonyl (C=O) groups is 3. The molecular weight excluding hydrogens is 1280 g/mol. The molecule has 2 saturated heterocycles. The summed E-state index contributed by atoms with van der Waals surface area (Å²) in [7, 11) is -5.70. The number of unbranched alkanes of at least 4 members (excludes halogenated alkanes) is 36. The molecule has 18 unspecified atom stereocenters. The number of hydrogen-bond donors (Lipinski definition) is 11. The Labute approximate surface area is 579 Å². The minimum Gasteiger partial charge on any atom is -0.462 e. The lowest BCUT2D eigenvalue weighted by Gasteiger charge is -2.49. The van der Waals surface area contributed by atoms with Crippen LogP contribution in [-0.2, 0) is 61.2 Å². The summed E-state index contributed by atoms with van der Waals surface area (Å²) >= 11 is 0. The molecule has 25 heteroatoms. The van der Waals surface area contributed by atoms with Crippen LogP contribution in [0.1, 0.15) is 284 Å². The second-order valence-electron chi connectivity index (χ2n) is 27.1. The molecule has 11 N–H and O–H groups in total. The maximum atomic E-state index is 14.3. The van der Waals surface area contributed by atoms with Crippen molar-refractivity contribution in [1.29, 1.82) is 0 Å². The van der Waals surface area contributed by atoms with E-state index in [9.17, 15) is 74.9 Å². The zero-order chi connectivity index (χ0) is 71.1. The lowest BCUT2D eigenvalue weighted by Crippen LogP contribution is -2.69. The average molecular weight is 1410 g/mol. The quantitative estimate of drug-likeness (QED) is 0.00673. The van der Waals surface area contributed by atoms with Crippen molar-refractivity contribution in [3.8, 4) is 0 Å². The van der Waals surface area contributed by atoms with Crippen molar-refractivity contribution in [3.05, 3.63) is 24.3 Å². The highest BCUT2D eigenvalue weighted by Crippen LogP contribution is 2.49. The van der Waals surface area contributed by atoms with E-state index in [0.29, 0.717) is 12.8 Å². The molecule has 0 bridgehead atoms. The van der Waals surface area contributed by atoms with Crippen molar-refractivity contribution in [2.24, 2.45) is 0 Å². The summed E-state index contributed by atoms with van der Waals surface area (Å²) in [6, 6.07) is 0.